The molecular formula is C14H21FN2O2. The Morgan fingerprint density at radius 3 is 2.79 bits per heavy atom. The molecule has 1 aromatic carbocycles. The van der Waals surface area contributed by atoms with Crippen LogP contribution in [0.2, 0.25) is 0 Å². The molecule has 0 fully saturated rings. The SMILES string of the molecule is CCCC(CCO)CNC(=O)c1ccc(N)c(F)c1. The van der Waals surface area contributed by atoms with E-state index in [1.165, 1.54) is 12.1 Å². The summed E-state index contributed by atoms with van der Waals surface area (Å²) in [7, 11) is 0. The van der Waals surface area contributed by atoms with E-state index in [2.05, 4.69) is 12.2 Å². The van der Waals surface area contributed by atoms with Crippen molar-refractivity contribution in [1.29, 1.82) is 0 Å². The van der Waals surface area contributed by atoms with E-state index in [0.29, 0.717) is 13.0 Å². The second-order valence-corrected chi connectivity index (χ2v) is 4.61. The molecule has 5 heteroatoms. The summed E-state index contributed by atoms with van der Waals surface area (Å²) in [6, 6.07) is 4.00. The Bertz CT molecular complexity index is 418. The number of nitrogen functional groups attached to an aromatic ring is 1. The van der Waals surface area contributed by atoms with E-state index in [9.17, 15) is 9.18 Å². The number of amides is 1. The molecule has 4 N–H and O–H groups in total. The summed E-state index contributed by atoms with van der Waals surface area (Å²) in [6.45, 7) is 2.65. The van der Waals surface area contributed by atoms with Crippen molar-refractivity contribution in [3.8, 4) is 0 Å². The fourth-order valence-corrected chi connectivity index (χ4v) is 1.95. The number of aliphatic hydroxyl groups excluding tert-OH is 1. The van der Waals surface area contributed by atoms with Gasteiger partial charge in [0, 0.05) is 18.7 Å². The zero-order chi connectivity index (χ0) is 14.3. The van der Waals surface area contributed by atoms with Gasteiger partial charge in [0.1, 0.15) is 5.82 Å². The monoisotopic (exact) mass is 268 g/mol. The number of rotatable bonds is 7. The van der Waals surface area contributed by atoms with Crippen molar-refractivity contribution < 1.29 is 14.3 Å². The zero-order valence-electron chi connectivity index (χ0n) is 11.2. The standard InChI is InChI=1S/C14H21FN2O2/c1-2-3-10(6-7-18)9-17-14(19)11-4-5-13(16)12(15)8-11/h4-5,8,10,18H,2-3,6-7,9,16H2,1H3,(H,17,19). The van der Waals surface area contributed by atoms with Crippen LogP contribution in [-0.2, 0) is 0 Å². The molecule has 0 heterocycles. The Hall–Kier alpha value is -1.62. The van der Waals surface area contributed by atoms with Gasteiger partial charge in [-0.1, -0.05) is 13.3 Å². The average molecular weight is 268 g/mol. The van der Waals surface area contributed by atoms with E-state index in [1.54, 1.807) is 0 Å². The summed E-state index contributed by atoms with van der Waals surface area (Å²) >= 11 is 0. The molecule has 19 heavy (non-hydrogen) atoms. The molecule has 4 nitrogen and oxygen atoms in total. The Balaban J connectivity index is 2.56. The van der Waals surface area contributed by atoms with Crippen molar-refractivity contribution in [2.24, 2.45) is 5.92 Å². The molecule has 0 saturated heterocycles. The van der Waals surface area contributed by atoms with Crippen LogP contribution in [0.3, 0.4) is 0 Å². The fraction of sp³-hybridized carbons (Fsp3) is 0.500. The van der Waals surface area contributed by atoms with Crippen LogP contribution in [0, 0.1) is 11.7 Å². The maximum atomic E-state index is 13.2. The molecule has 0 aliphatic carbocycles. The van der Waals surface area contributed by atoms with Crippen LogP contribution >= 0.6 is 0 Å². The predicted octanol–water partition coefficient (Wildman–Crippen LogP) is 1.94. The first kappa shape index (κ1) is 15.4. The van der Waals surface area contributed by atoms with Crippen molar-refractivity contribution in [2.45, 2.75) is 26.2 Å². The highest BCUT2D eigenvalue weighted by molar-refractivity contribution is 5.94. The normalized spacial score (nSPS) is 12.2. The molecular weight excluding hydrogens is 247 g/mol. The molecule has 1 rings (SSSR count). The maximum Gasteiger partial charge on any atom is 0.251 e. The number of halogens is 1. The molecule has 0 radical (unpaired) electrons. The molecule has 1 amide bonds. The van der Waals surface area contributed by atoms with Gasteiger partial charge in [-0.25, -0.2) is 4.39 Å². The van der Waals surface area contributed by atoms with E-state index in [-0.39, 0.29) is 29.7 Å². The van der Waals surface area contributed by atoms with Crippen LogP contribution in [0.5, 0.6) is 0 Å². The van der Waals surface area contributed by atoms with Crippen molar-refractivity contribution >= 4 is 11.6 Å². The van der Waals surface area contributed by atoms with Crippen LogP contribution in [0.15, 0.2) is 18.2 Å². The van der Waals surface area contributed by atoms with E-state index in [0.717, 1.165) is 18.9 Å². The summed E-state index contributed by atoms with van der Waals surface area (Å²) in [4.78, 5) is 11.8. The molecule has 1 atom stereocenters. The number of aliphatic hydroxyl groups is 1. The van der Waals surface area contributed by atoms with E-state index < -0.39 is 5.82 Å². The number of carbonyl (C=O) groups is 1. The number of anilines is 1. The van der Waals surface area contributed by atoms with Crippen LogP contribution in [-0.4, -0.2) is 24.2 Å². The van der Waals surface area contributed by atoms with E-state index in [1.807, 2.05) is 0 Å². The molecule has 1 aromatic rings. The molecule has 106 valence electrons. The van der Waals surface area contributed by atoms with Gasteiger partial charge in [-0.3, -0.25) is 4.79 Å². The van der Waals surface area contributed by atoms with Crippen molar-refractivity contribution in [1.82, 2.24) is 5.32 Å². The van der Waals surface area contributed by atoms with Crippen molar-refractivity contribution in [3.63, 3.8) is 0 Å². The maximum absolute atomic E-state index is 13.2. The third-order valence-corrected chi connectivity index (χ3v) is 3.05. The number of nitrogens with two attached hydrogens (primary N) is 1. The Morgan fingerprint density at radius 1 is 1.47 bits per heavy atom. The molecule has 0 saturated carbocycles. The van der Waals surface area contributed by atoms with Gasteiger partial charge >= 0.3 is 0 Å². The lowest BCUT2D eigenvalue weighted by Gasteiger charge is -2.15. The Kier molecular flexibility index (Phi) is 6.29. The highest BCUT2D eigenvalue weighted by atomic mass is 19.1. The largest absolute Gasteiger partial charge is 0.396 e. The van der Waals surface area contributed by atoms with Crippen LogP contribution in [0.25, 0.3) is 0 Å². The fourth-order valence-electron chi connectivity index (χ4n) is 1.95. The van der Waals surface area contributed by atoms with Gasteiger partial charge in [-0.05, 0) is 37.0 Å². The summed E-state index contributed by atoms with van der Waals surface area (Å²) in [6.07, 6.45) is 2.60. The van der Waals surface area contributed by atoms with Crippen molar-refractivity contribution in [2.75, 3.05) is 18.9 Å². The third kappa shape index (κ3) is 4.87. The number of hydrogen-bond acceptors (Lipinski definition) is 3. The molecule has 0 spiro atoms. The zero-order valence-corrected chi connectivity index (χ0v) is 11.2. The highest BCUT2D eigenvalue weighted by Gasteiger charge is 2.12. The minimum absolute atomic E-state index is 0.0284. The number of hydrogen-bond donors (Lipinski definition) is 3. The molecule has 0 aromatic heterocycles. The summed E-state index contributed by atoms with van der Waals surface area (Å²) < 4.78 is 13.2. The minimum atomic E-state index is -0.590. The number of benzene rings is 1. The molecule has 1 unspecified atom stereocenters. The average Bonchev–Trinajstić information content (AvgIpc) is 2.39. The van der Waals surface area contributed by atoms with Gasteiger partial charge in [0.15, 0.2) is 0 Å². The number of carbonyl (C=O) groups excluding carboxylic acids is 1. The van der Waals surface area contributed by atoms with E-state index >= 15 is 0 Å². The smallest absolute Gasteiger partial charge is 0.251 e. The lowest BCUT2D eigenvalue weighted by atomic mass is 10.00. The first-order valence-electron chi connectivity index (χ1n) is 6.52. The van der Waals surface area contributed by atoms with Crippen LogP contribution in [0.1, 0.15) is 36.5 Å². The van der Waals surface area contributed by atoms with Crippen molar-refractivity contribution in [3.05, 3.63) is 29.6 Å². The second-order valence-electron chi connectivity index (χ2n) is 4.61. The third-order valence-electron chi connectivity index (χ3n) is 3.05. The Morgan fingerprint density at radius 2 is 2.21 bits per heavy atom. The van der Waals surface area contributed by atoms with Crippen LogP contribution in [0.4, 0.5) is 10.1 Å². The predicted molar refractivity (Wildman–Crippen MR) is 73.2 cm³/mol. The highest BCUT2D eigenvalue weighted by Crippen LogP contribution is 2.13. The first-order valence-corrected chi connectivity index (χ1v) is 6.52. The lowest BCUT2D eigenvalue weighted by Crippen LogP contribution is -2.29. The molecule has 0 bridgehead atoms. The van der Waals surface area contributed by atoms with Gasteiger partial charge in [-0.15, -0.1) is 0 Å². The number of nitrogens with one attached hydrogen (secondary N) is 1. The van der Waals surface area contributed by atoms with Gasteiger partial charge in [0.2, 0.25) is 0 Å². The summed E-state index contributed by atoms with van der Waals surface area (Å²) in [5, 5.41) is 11.7. The summed E-state index contributed by atoms with van der Waals surface area (Å²) in [5.41, 5.74) is 5.64. The second kappa shape index (κ2) is 7.74. The topological polar surface area (TPSA) is 75.3 Å². The first-order chi connectivity index (χ1) is 9.08. The molecule has 0 aliphatic rings. The van der Waals surface area contributed by atoms with Crippen LogP contribution < -0.4 is 11.1 Å². The lowest BCUT2D eigenvalue weighted by molar-refractivity contribution is 0.0942. The van der Waals surface area contributed by atoms with E-state index in [4.69, 9.17) is 10.8 Å². The van der Waals surface area contributed by atoms with Gasteiger partial charge in [0.25, 0.3) is 5.91 Å². The quantitative estimate of drug-likeness (QED) is 0.661. The molecule has 0 aliphatic heterocycles. The Labute approximate surface area is 112 Å². The summed E-state index contributed by atoms with van der Waals surface area (Å²) in [5.74, 6) is -0.663. The van der Waals surface area contributed by atoms with Gasteiger partial charge in [0.05, 0.1) is 5.69 Å². The minimum Gasteiger partial charge on any atom is -0.396 e. The van der Waals surface area contributed by atoms with Gasteiger partial charge < -0.3 is 16.2 Å². The van der Waals surface area contributed by atoms with Gasteiger partial charge in [-0.2, -0.15) is 0 Å².